The van der Waals surface area contributed by atoms with E-state index in [-0.39, 0.29) is 37.2 Å². The Morgan fingerprint density at radius 3 is 2.36 bits per heavy atom. The van der Waals surface area contributed by atoms with Gasteiger partial charge < -0.3 is 29.1 Å². The molecule has 2 aromatic heterocycles. The summed E-state index contributed by atoms with van der Waals surface area (Å²) in [6, 6.07) is 13.3. The second kappa shape index (κ2) is 12.9. The fraction of sp³-hybridized carbons (Fsp3) is 0.333. The predicted octanol–water partition coefficient (Wildman–Crippen LogP) is 5.84. The molecule has 0 atom stereocenters. The van der Waals surface area contributed by atoms with Crippen molar-refractivity contribution in [3.05, 3.63) is 77.1 Å². The van der Waals surface area contributed by atoms with Crippen LogP contribution in [0.4, 0.5) is 20.7 Å². The number of pyridine rings is 1. The van der Waals surface area contributed by atoms with Crippen molar-refractivity contribution in [3.8, 4) is 23.0 Å². The third kappa shape index (κ3) is 7.52. The first kappa shape index (κ1) is 30.3. The van der Waals surface area contributed by atoms with E-state index in [0.717, 1.165) is 5.56 Å². The Labute approximate surface area is 243 Å². The second-order valence-corrected chi connectivity index (χ2v) is 10.4. The van der Waals surface area contributed by atoms with E-state index >= 15 is 0 Å². The maximum absolute atomic E-state index is 14.8. The molecule has 222 valence electrons. The maximum atomic E-state index is 14.8. The Bertz CT molecular complexity index is 1530. The fourth-order valence-corrected chi connectivity index (χ4v) is 4.05. The summed E-state index contributed by atoms with van der Waals surface area (Å²) in [6.07, 6.45) is -0.623. The van der Waals surface area contributed by atoms with Gasteiger partial charge in [0.25, 0.3) is 5.89 Å². The van der Waals surface area contributed by atoms with Gasteiger partial charge in [0.15, 0.2) is 5.75 Å². The number of nitrogens with two attached hydrogens (primary N) is 1. The van der Waals surface area contributed by atoms with E-state index in [4.69, 9.17) is 29.1 Å². The van der Waals surface area contributed by atoms with E-state index in [1.807, 2.05) is 12.1 Å². The number of nitrogens with zero attached hydrogens (tertiary/aromatic N) is 4. The lowest BCUT2D eigenvalue weighted by Gasteiger charge is -2.27. The van der Waals surface area contributed by atoms with E-state index in [2.05, 4.69) is 15.2 Å². The summed E-state index contributed by atoms with van der Waals surface area (Å²) in [5.41, 5.74) is 7.79. The minimum Gasteiger partial charge on any atom is -0.497 e. The standard InChI is InChI=1S/C30H34FN5O6/c1-18-34-35-28(41-18)22-13-20(14-24(32)27(22)39-6)16-40-17-25-23(31)11-12-26(33-25)36(29(37)42-30(2,3)4)15-19-7-9-21(38-5)10-8-19/h7-14H,15-17,32H2,1-6H3. The minimum atomic E-state index is -0.750. The van der Waals surface area contributed by atoms with Gasteiger partial charge in [-0.3, -0.25) is 4.90 Å². The zero-order chi connectivity index (χ0) is 30.4. The van der Waals surface area contributed by atoms with Crippen LogP contribution in [0.3, 0.4) is 0 Å². The van der Waals surface area contributed by atoms with Crippen LogP contribution >= 0.6 is 0 Å². The lowest BCUT2D eigenvalue weighted by atomic mass is 10.1. The van der Waals surface area contributed by atoms with Crippen LogP contribution in [-0.4, -0.2) is 41.1 Å². The molecule has 4 aromatic rings. The molecule has 11 nitrogen and oxygen atoms in total. The Morgan fingerprint density at radius 1 is 1.00 bits per heavy atom. The van der Waals surface area contributed by atoms with Crippen LogP contribution in [0.5, 0.6) is 11.5 Å². The molecule has 12 heteroatoms. The van der Waals surface area contributed by atoms with Gasteiger partial charge >= 0.3 is 6.09 Å². The molecule has 0 radical (unpaired) electrons. The number of hydrogen-bond donors (Lipinski definition) is 1. The zero-order valence-electron chi connectivity index (χ0n) is 24.4. The Kier molecular flexibility index (Phi) is 9.26. The van der Waals surface area contributed by atoms with Gasteiger partial charge in [0.05, 0.1) is 45.2 Å². The Morgan fingerprint density at radius 2 is 1.74 bits per heavy atom. The topological polar surface area (TPSA) is 135 Å². The summed E-state index contributed by atoms with van der Waals surface area (Å²) in [4.78, 5) is 19.0. The molecule has 0 fully saturated rings. The van der Waals surface area contributed by atoms with Crippen molar-refractivity contribution >= 4 is 17.6 Å². The molecule has 4 rings (SSSR count). The van der Waals surface area contributed by atoms with E-state index in [0.29, 0.717) is 34.2 Å². The quantitative estimate of drug-likeness (QED) is 0.228. The number of amides is 1. The van der Waals surface area contributed by atoms with Gasteiger partial charge in [0.1, 0.15) is 28.7 Å². The number of anilines is 2. The Hall–Kier alpha value is -4.71. The van der Waals surface area contributed by atoms with Crippen molar-refractivity contribution < 1.29 is 32.5 Å². The van der Waals surface area contributed by atoms with Crippen LogP contribution in [0.15, 0.2) is 52.9 Å². The van der Waals surface area contributed by atoms with Gasteiger partial charge in [0.2, 0.25) is 5.89 Å². The predicted molar refractivity (Wildman–Crippen MR) is 154 cm³/mol. The SMILES string of the molecule is COc1ccc(CN(C(=O)OC(C)(C)C)c2ccc(F)c(COCc3cc(N)c(OC)c(-c4nnc(C)o4)c3)n2)cc1. The molecule has 2 heterocycles. The highest BCUT2D eigenvalue weighted by atomic mass is 19.1. The largest absolute Gasteiger partial charge is 0.497 e. The number of nitrogen functional groups attached to an aromatic ring is 1. The van der Waals surface area contributed by atoms with Crippen molar-refractivity contribution in [3.63, 3.8) is 0 Å². The van der Waals surface area contributed by atoms with Gasteiger partial charge in [-0.05, 0) is 68.3 Å². The van der Waals surface area contributed by atoms with Crippen molar-refractivity contribution in [1.29, 1.82) is 0 Å². The van der Waals surface area contributed by atoms with E-state index < -0.39 is 17.5 Å². The van der Waals surface area contributed by atoms with Crippen molar-refractivity contribution in [1.82, 2.24) is 15.2 Å². The molecule has 1 amide bonds. The first-order valence-corrected chi connectivity index (χ1v) is 13.1. The number of ether oxygens (including phenoxy) is 4. The molecular formula is C30H34FN5O6. The van der Waals surface area contributed by atoms with Gasteiger partial charge in [-0.2, -0.15) is 0 Å². The first-order valence-electron chi connectivity index (χ1n) is 13.1. The van der Waals surface area contributed by atoms with Gasteiger partial charge in [-0.1, -0.05) is 12.1 Å². The van der Waals surface area contributed by atoms with Crippen molar-refractivity contribution in [2.45, 2.75) is 53.1 Å². The molecule has 2 aromatic carbocycles. The average molecular weight is 580 g/mol. The summed E-state index contributed by atoms with van der Waals surface area (Å²) >= 11 is 0. The first-order chi connectivity index (χ1) is 20.0. The third-order valence-electron chi connectivity index (χ3n) is 5.94. The number of aromatic nitrogens is 3. The molecule has 0 aliphatic heterocycles. The maximum Gasteiger partial charge on any atom is 0.416 e. The molecule has 0 saturated heterocycles. The lowest BCUT2D eigenvalue weighted by Crippen LogP contribution is -2.37. The summed E-state index contributed by atoms with van der Waals surface area (Å²) in [5.74, 6) is 1.34. The van der Waals surface area contributed by atoms with Gasteiger partial charge in [-0.15, -0.1) is 10.2 Å². The molecule has 0 saturated carbocycles. The number of carbonyl (C=O) groups is 1. The molecule has 0 unspecified atom stereocenters. The van der Waals surface area contributed by atoms with Crippen LogP contribution in [-0.2, 0) is 29.2 Å². The normalized spacial score (nSPS) is 11.3. The number of rotatable bonds is 10. The van der Waals surface area contributed by atoms with E-state index in [1.54, 1.807) is 59.1 Å². The lowest BCUT2D eigenvalue weighted by molar-refractivity contribution is 0.0575. The molecule has 0 spiro atoms. The second-order valence-electron chi connectivity index (χ2n) is 10.4. The number of hydrogen-bond acceptors (Lipinski definition) is 10. The summed E-state index contributed by atoms with van der Waals surface area (Å²) < 4.78 is 42.5. The molecule has 42 heavy (non-hydrogen) atoms. The molecule has 0 bridgehead atoms. The van der Waals surface area contributed by atoms with E-state index in [1.165, 1.54) is 24.1 Å². The van der Waals surface area contributed by atoms with Crippen LogP contribution in [0, 0.1) is 12.7 Å². The van der Waals surface area contributed by atoms with Crippen molar-refractivity contribution in [2.75, 3.05) is 24.9 Å². The van der Waals surface area contributed by atoms with Crippen molar-refractivity contribution in [2.24, 2.45) is 0 Å². The highest BCUT2D eigenvalue weighted by Gasteiger charge is 2.25. The van der Waals surface area contributed by atoms with Gasteiger partial charge in [0, 0.05) is 6.92 Å². The number of benzene rings is 2. The molecule has 0 aliphatic carbocycles. The minimum absolute atomic E-state index is 0.0185. The summed E-state index contributed by atoms with van der Waals surface area (Å²) in [6.45, 7) is 7.02. The fourth-order valence-electron chi connectivity index (χ4n) is 4.05. The monoisotopic (exact) mass is 579 g/mol. The van der Waals surface area contributed by atoms with Crippen LogP contribution in [0.1, 0.15) is 43.5 Å². The third-order valence-corrected chi connectivity index (χ3v) is 5.94. The highest BCUT2D eigenvalue weighted by Crippen LogP contribution is 2.36. The zero-order valence-corrected chi connectivity index (χ0v) is 24.4. The van der Waals surface area contributed by atoms with Crippen LogP contribution < -0.4 is 20.1 Å². The van der Waals surface area contributed by atoms with Crippen LogP contribution in [0.25, 0.3) is 11.5 Å². The number of methoxy groups -OCH3 is 2. The van der Waals surface area contributed by atoms with Crippen LogP contribution in [0.2, 0.25) is 0 Å². The number of aryl methyl sites for hydroxylation is 1. The van der Waals surface area contributed by atoms with Gasteiger partial charge in [-0.25, -0.2) is 14.2 Å². The Balaban J connectivity index is 1.55. The average Bonchev–Trinajstić information content (AvgIpc) is 3.38. The number of carbonyl (C=O) groups excluding carboxylic acids is 1. The molecular weight excluding hydrogens is 545 g/mol. The highest BCUT2D eigenvalue weighted by molar-refractivity contribution is 5.86. The number of halogens is 1. The molecule has 0 aliphatic rings. The smallest absolute Gasteiger partial charge is 0.416 e. The van der Waals surface area contributed by atoms with E-state index in [9.17, 15) is 9.18 Å². The molecule has 2 N–H and O–H groups in total. The summed E-state index contributed by atoms with van der Waals surface area (Å²) in [5, 5.41) is 7.91. The summed E-state index contributed by atoms with van der Waals surface area (Å²) in [7, 11) is 3.07.